The van der Waals surface area contributed by atoms with Gasteiger partial charge in [-0.3, -0.25) is 4.79 Å². The lowest BCUT2D eigenvalue weighted by molar-refractivity contribution is -0.140. The Morgan fingerprint density at radius 2 is 2.25 bits per heavy atom. The molecular weight excluding hydrogens is 228 g/mol. The first-order valence-electron chi connectivity index (χ1n) is 5.25. The number of hydrogen-bond acceptors (Lipinski definition) is 3. The van der Waals surface area contributed by atoms with E-state index in [1.165, 1.54) is 0 Å². The van der Waals surface area contributed by atoms with Crippen molar-refractivity contribution in [3.63, 3.8) is 0 Å². The van der Waals surface area contributed by atoms with Crippen LogP contribution in [0.15, 0.2) is 0 Å². The highest BCUT2D eigenvalue weighted by atomic mass is 32.1. The molecular formula is C10H16N2O3S. The Kier molecular flexibility index (Phi) is 4.23. The molecule has 0 aromatic rings. The van der Waals surface area contributed by atoms with Crippen molar-refractivity contribution in [2.75, 3.05) is 6.54 Å². The molecule has 16 heavy (non-hydrogen) atoms. The molecule has 0 unspecified atom stereocenters. The lowest BCUT2D eigenvalue weighted by Gasteiger charge is -2.27. The predicted molar refractivity (Wildman–Crippen MR) is 62.9 cm³/mol. The number of thiocarbonyl (C=S) groups is 1. The molecule has 1 heterocycles. The number of hydrogen-bond donors (Lipinski definition) is 2. The zero-order valence-electron chi connectivity index (χ0n) is 9.18. The van der Waals surface area contributed by atoms with Crippen LogP contribution in [0.4, 0.5) is 0 Å². The number of nitrogens with two attached hydrogens (primary N) is 1. The van der Waals surface area contributed by atoms with Gasteiger partial charge in [0.15, 0.2) is 0 Å². The number of nitrogens with zero attached hydrogens (tertiary/aromatic N) is 1. The maximum absolute atomic E-state index is 11.0. The molecule has 0 saturated carbocycles. The van der Waals surface area contributed by atoms with E-state index in [2.05, 4.69) is 0 Å². The quantitative estimate of drug-likeness (QED) is 0.698. The Labute approximate surface area is 99.6 Å². The first-order chi connectivity index (χ1) is 7.43. The second-order valence-corrected chi connectivity index (χ2v) is 4.52. The summed E-state index contributed by atoms with van der Waals surface area (Å²) in [6.45, 7) is 2.45. The van der Waals surface area contributed by atoms with Crippen molar-refractivity contribution in [2.24, 2.45) is 11.7 Å². The van der Waals surface area contributed by atoms with Crippen LogP contribution >= 0.6 is 12.2 Å². The highest BCUT2D eigenvalue weighted by molar-refractivity contribution is 7.80. The number of amides is 1. The molecule has 3 N–H and O–H groups in total. The summed E-state index contributed by atoms with van der Waals surface area (Å²) in [5.74, 6) is -1.44. The summed E-state index contributed by atoms with van der Waals surface area (Å²) < 4.78 is 0. The van der Waals surface area contributed by atoms with Crippen LogP contribution in [0.1, 0.15) is 26.2 Å². The fraction of sp³-hybridized carbons (Fsp3) is 0.700. The van der Waals surface area contributed by atoms with E-state index in [0.29, 0.717) is 18.0 Å². The van der Waals surface area contributed by atoms with Gasteiger partial charge in [0, 0.05) is 18.9 Å². The average Bonchev–Trinajstić information content (AvgIpc) is 2.63. The molecule has 0 radical (unpaired) electrons. The summed E-state index contributed by atoms with van der Waals surface area (Å²) in [5, 5.41) is 9.00. The van der Waals surface area contributed by atoms with Crippen LogP contribution in [-0.2, 0) is 9.59 Å². The van der Waals surface area contributed by atoms with Crippen LogP contribution in [0.5, 0.6) is 0 Å². The molecule has 6 heteroatoms. The molecule has 1 rings (SSSR count). The van der Waals surface area contributed by atoms with Crippen molar-refractivity contribution >= 4 is 29.1 Å². The third kappa shape index (κ3) is 2.91. The first kappa shape index (κ1) is 12.9. The van der Waals surface area contributed by atoms with Crippen molar-refractivity contribution in [3.05, 3.63) is 0 Å². The molecule has 1 saturated heterocycles. The highest BCUT2D eigenvalue weighted by Crippen LogP contribution is 2.22. The van der Waals surface area contributed by atoms with E-state index in [4.69, 9.17) is 23.1 Å². The zero-order valence-corrected chi connectivity index (χ0v) is 10.00. The molecule has 0 aliphatic carbocycles. The minimum atomic E-state index is -0.855. The van der Waals surface area contributed by atoms with Gasteiger partial charge in [-0.15, -0.1) is 0 Å². The number of carbonyl (C=O) groups is 2. The zero-order chi connectivity index (χ0) is 12.3. The summed E-state index contributed by atoms with van der Waals surface area (Å²) in [5.41, 5.74) is 5.09. The highest BCUT2D eigenvalue weighted by Gasteiger charge is 2.33. The summed E-state index contributed by atoms with van der Waals surface area (Å²) in [6, 6.07) is -0.539. The van der Waals surface area contributed by atoms with Gasteiger partial charge in [0.2, 0.25) is 5.91 Å². The van der Waals surface area contributed by atoms with Crippen molar-refractivity contribution in [1.29, 1.82) is 0 Å². The first-order valence-corrected chi connectivity index (χ1v) is 5.66. The lowest BCUT2D eigenvalue weighted by Crippen LogP contribution is -2.42. The van der Waals surface area contributed by atoms with E-state index < -0.39 is 17.9 Å². The fourth-order valence-corrected chi connectivity index (χ4v) is 2.26. The summed E-state index contributed by atoms with van der Waals surface area (Å²) in [7, 11) is 0. The van der Waals surface area contributed by atoms with E-state index in [1.54, 1.807) is 11.8 Å². The molecule has 0 bridgehead atoms. The van der Waals surface area contributed by atoms with E-state index in [-0.39, 0.29) is 12.3 Å². The van der Waals surface area contributed by atoms with Gasteiger partial charge >= 0.3 is 5.97 Å². The molecule has 5 nitrogen and oxygen atoms in total. The number of aliphatic carboxylic acids is 1. The second kappa shape index (κ2) is 5.25. The number of primary amides is 1. The molecule has 90 valence electrons. The Balaban J connectivity index is 2.65. The summed E-state index contributed by atoms with van der Waals surface area (Å²) >= 11 is 5.21. The van der Waals surface area contributed by atoms with Crippen molar-refractivity contribution < 1.29 is 14.7 Å². The van der Waals surface area contributed by atoms with Crippen LogP contribution in [0.25, 0.3) is 0 Å². The number of carboxylic acids is 1. The van der Waals surface area contributed by atoms with Crippen LogP contribution in [0.2, 0.25) is 0 Å². The van der Waals surface area contributed by atoms with E-state index in [0.717, 1.165) is 6.42 Å². The maximum Gasteiger partial charge on any atom is 0.326 e. The summed E-state index contributed by atoms with van der Waals surface area (Å²) in [6.07, 6.45) is 1.60. The topological polar surface area (TPSA) is 83.6 Å². The standard InChI is InChI=1S/C10H16N2O3S/c1-6(5-8(11)13)9(16)12-4-2-3-7(12)10(14)15/h6-7H,2-5H2,1H3,(H2,11,13)(H,14,15)/t6-,7-/m0/s1. The van der Waals surface area contributed by atoms with E-state index in [9.17, 15) is 9.59 Å². The molecule has 0 spiro atoms. The number of likely N-dealkylation sites (tertiary alicyclic amines) is 1. The summed E-state index contributed by atoms with van der Waals surface area (Å²) in [4.78, 5) is 24.0. The normalized spacial score (nSPS) is 21.8. The fourth-order valence-electron chi connectivity index (χ4n) is 1.96. The van der Waals surface area contributed by atoms with Crippen LogP contribution in [0.3, 0.4) is 0 Å². The van der Waals surface area contributed by atoms with Gasteiger partial charge < -0.3 is 15.7 Å². The maximum atomic E-state index is 11.0. The van der Waals surface area contributed by atoms with Gasteiger partial charge in [-0.1, -0.05) is 19.1 Å². The lowest BCUT2D eigenvalue weighted by atomic mass is 10.1. The van der Waals surface area contributed by atoms with Crippen molar-refractivity contribution in [1.82, 2.24) is 4.90 Å². The largest absolute Gasteiger partial charge is 0.480 e. The van der Waals surface area contributed by atoms with Crippen molar-refractivity contribution in [2.45, 2.75) is 32.2 Å². The smallest absolute Gasteiger partial charge is 0.326 e. The SMILES string of the molecule is C[C@@H](CC(N)=O)C(=S)N1CCC[C@H]1C(=O)O. The molecule has 1 fully saturated rings. The van der Waals surface area contributed by atoms with Gasteiger partial charge in [-0.2, -0.15) is 0 Å². The van der Waals surface area contributed by atoms with E-state index >= 15 is 0 Å². The second-order valence-electron chi connectivity index (χ2n) is 4.10. The third-order valence-corrected chi connectivity index (χ3v) is 3.39. The van der Waals surface area contributed by atoms with Gasteiger partial charge in [-0.05, 0) is 12.8 Å². The Morgan fingerprint density at radius 1 is 1.62 bits per heavy atom. The van der Waals surface area contributed by atoms with Crippen LogP contribution in [-0.4, -0.2) is 39.5 Å². The van der Waals surface area contributed by atoms with E-state index in [1.807, 2.05) is 0 Å². The van der Waals surface area contributed by atoms with Gasteiger partial charge in [0.1, 0.15) is 6.04 Å². The Bertz CT molecular complexity index is 319. The minimum Gasteiger partial charge on any atom is -0.480 e. The Morgan fingerprint density at radius 3 is 2.75 bits per heavy atom. The van der Waals surface area contributed by atoms with Crippen LogP contribution in [0, 0.1) is 5.92 Å². The molecule has 0 aromatic heterocycles. The molecule has 0 aromatic carbocycles. The minimum absolute atomic E-state index is 0.168. The number of rotatable bonds is 4. The number of carboxylic acid groups (broad SMARTS) is 1. The molecule has 1 aliphatic rings. The van der Waals surface area contributed by atoms with Crippen LogP contribution < -0.4 is 5.73 Å². The predicted octanol–water partition coefficient (Wildman–Crippen LogP) is 0.374. The van der Waals surface area contributed by atoms with Gasteiger partial charge in [0.05, 0.1) is 4.99 Å². The van der Waals surface area contributed by atoms with Gasteiger partial charge in [0.25, 0.3) is 0 Å². The third-order valence-electron chi connectivity index (χ3n) is 2.75. The van der Waals surface area contributed by atoms with Crippen molar-refractivity contribution in [3.8, 4) is 0 Å². The monoisotopic (exact) mass is 244 g/mol. The molecule has 1 aliphatic heterocycles. The Hall–Kier alpha value is -1.17. The molecule has 2 atom stereocenters. The average molecular weight is 244 g/mol. The van der Waals surface area contributed by atoms with Gasteiger partial charge in [-0.25, -0.2) is 4.79 Å². The molecule has 1 amide bonds. The number of carbonyl (C=O) groups excluding carboxylic acids is 1.